The number of nitrogens with zero attached hydrogens (tertiary/aromatic N) is 4. The van der Waals surface area contributed by atoms with Crippen LogP contribution in [0.4, 0.5) is 5.95 Å². The number of anilines is 1. The summed E-state index contributed by atoms with van der Waals surface area (Å²) < 4.78 is 2.72. The smallest absolute Gasteiger partial charge is 0.261 e. The summed E-state index contributed by atoms with van der Waals surface area (Å²) in [6.07, 6.45) is 1.55. The number of amides is 1. The van der Waals surface area contributed by atoms with Crippen LogP contribution in [0, 0.1) is 0 Å². The van der Waals surface area contributed by atoms with Crippen molar-refractivity contribution in [3.63, 3.8) is 0 Å². The van der Waals surface area contributed by atoms with Crippen LogP contribution < -0.4 is 5.32 Å². The van der Waals surface area contributed by atoms with Crippen LogP contribution in [-0.2, 0) is 6.54 Å². The van der Waals surface area contributed by atoms with E-state index in [1.54, 1.807) is 12.3 Å². The molecule has 3 rings (SSSR count). The van der Waals surface area contributed by atoms with Crippen LogP contribution in [0.2, 0.25) is 5.15 Å². The summed E-state index contributed by atoms with van der Waals surface area (Å²) >= 11 is 9.41. The first-order valence-corrected chi connectivity index (χ1v) is 10.0. The maximum atomic E-state index is 12.7. The highest BCUT2D eigenvalue weighted by Gasteiger charge is 2.17. The zero-order valence-corrected chi connectivity index (χ0v) is 17.6. The molecule has 6 nitrogen and oxygen atoms in total. The molecule has 2 heterocycles. The van der Waals surface area contributed by atoms with E-state index >= 15 is 0 Å². The zero-order valence-electron chi connectivity index (χ0n) is 15.2. The zero-order chi connectivity index (χ0) is 19.4. The van der Waals surface area contributed by atoms with Gasteiger partial charge in [-0.25, -0.2) is 9.97 Å². The average molecular weight is 451 g/mol. The Morgan fingerprint density at radius 1 is 1.30 bits per heavy atom. The maximum absolute atomic E-state index is 12.7. The molecule has 0 fully saturated rings. The summed E-state index contributed by atoms with van der Waals surface area (Å²) in [6, 6.07) is 9.50. The minimum atomic E-state index is -0.340. The number of benzene rings is 1. The van der Waals surface area contributed by atoms with Gasteiger partial charge in [0.25, 0.3) is 5.91 Å². The van der Waals surface area contributed by atoms with Crippen molar-refractivity contribution >= 4 is 50.4 Å². The Morgan fingerprint density at radius 3 is 2.78 bits per heavy atom. The van der Waals surface area contributed by atoms with Gasteiger partial charge in [0.2, 0.25) is 5.95 Å². The van der Waals surface area contributed by atoms with Gasteiger partial charge < -0.3 is 9.47 Å². The minimum Gasteiger partial charge on any atom is -0.309 e. The van der Waals surface area contributed by atoms with E-state index in [1.165, 1.54) is 0 Å². The molecular weight excluding hydrogens is 430 g/mol. The number of aromatic nitrogens is 3. The van der Waals surface area contributed by atoms with E-state index in [4.69, 9.17) is 11.6 Å². The molecule has 0 saturated carbocycles. The minimum absolute atomic E-state index is 0.154. The van der Waals surface area contributed by atoms with E-state index < -0.39 is 0 Å². The second kappa shape index (κ2) is 8.82. The van der Waals surface area contributed by atoms with Crippen molar-refractivity contribution in [3.8, 4) is 0 Å². The molecule has 1 aromatic carbocycles. The molecule has 142 valence electrons. The molecule has 27 heavy (non-hydrogen) atoms. The number of carbonyl (C=O) groups excluding carboxylic acids is 1. The summed E-state index contributed by atoms with van der Waals surface area (Å²) in [6.45, 7) is 7.83. The van der Waals surface area contributed by atoms with Gasteiger partial charge in [-0.2, -0.15) is 0 Å². The largest absolute Gasteiger partial charge is 0.309 e. The lowest BCUT2D eigenvalue weighted by molar-refractivity contribution is 0.102. The van der Waals surface area contributed by atoms with Gasteiger partial charge in [0, 0.05) is 23.8 Å². The van der Waals surface area contributed by atoms with Crippen LogP contribution in [0.15, 0.2) is 41.0 Å². The van der Waals surface area contributed by atoms with Crippen molar-refractivity contribution in [2.45, 2.75) is 20.4 Å². The first-order chi connectivity index (χ1) is 13.0. The molecule has 1 amide bonds. The van der Waals surface area contributed by atoms with Crippen molar-refractivity contribution in [2.75, 3.05) is 25.0 Å². The summed E-state index contributed by atoms with van der Waals surface area (Å²) in [5, 5.41) is 3.05. The van der Waals surface area contributed by atoms with Gasteiger partial charge in [0.1, 0.15) is 5.15 Å². The quantitative estimate of drug-likeness (QED) is 0.541. The monoisotopic (exact) mass is 449 g/mol. The molecule has 1 N–H and O–H groups in total. The van der Waals surface area contributed by atoms with E-state index in [0.29, 0.717) is 16.0 Å². The van der Waals surface area contributed by atoms with Crippen molar-refractivity contribution in [3.05, 3.63) is 51.7 Å². The Labute approximate surface area is 171 Å². The highest BCUT2D eigenvalue weighted by atomic mass is 79.9. The molecule has 0 saturated heterocycles. The van der Waals surface area contributed by atoms with Crippen LogP contribution in [0.3, 0.4) is 0 Å². The molecule has 3 aromatic rings. The number of hydrogen-bond donors (Lipinski definition) is 1. The Bertz CT molecular complexity index is 954. The third-order valence-corrected chi connectivity index (χ3v) is 5.20. The third kappa shape index (κ3) is 4.48. The van der Waals surface area contributed by atoms with Gasteiger partial charge in [-0.05, 0) is 47.2 Å². The van der Waals surface area contributed by atoms with E-state index in [1.807, 2.05) is 28.8 Å². The Kier molecular flexibility index (Phi) is 6.46. The van der Waals surface area contributed by atoms with Gasteiger partial charge in [-0.1, -0.05) is 37.6 Å². The number of rotatable bonds is 7. The Balaban J connectivity index is 1.92. The number of likely N-dealkylation sites (N-methyl/N-ethyl adjacent to an activating group) is 1. The number of hydrogen-bond acceptors (Lipinski definition) is 4. The molecule has 0 spiro atoms. The molecule has 0 radical (unpaired) electrons. The standard InChI is InChI=1S/C19H21BrClN5O/c1-3-25(4-2)9-10-26-16-8-6-5-7-15(16)23-19(26)24-18(27)14-11-13(20)12-22-17(14)21/h5-8,11-12H,3-4,9-10H2,1-2H3,(H,23,24,27). The number of pyridine rings is 1. The maximum Gasteiger partial charge on any atom is 0.261 e. The fourth-order valence-electron chi connectivity index (χ4n) is 2.93. The molecule has 0 aliphatic rings. The van der Waals surface area contributed by atoms with E-state index in [-0.39, 0.29) is 11.1 Å². The molecular formula is C19H21BrClN5O. The van der Waals surface area contributed by atoms with E-state index in [9.17, 15) is 4.79 Å². The lowest BCUT2D eigenvalue weighted by Crippen LogP contribution is -2.27. The molecule has 2 aromatic heterocycles. The molecule has 8 heteroatoms. The van der Waals surface area contributed by atoms with Crippen molar-refractivity contribution in [1.29, 1.82) is 0 Å². The van der Waals surface area contributed by atoms with Gasteiger partial charge in [-0.3, -0.25) is 10.1 Å². The topological polar surface area (TPSA) is 63.0 Å². The van der Waals surface area contributed by atoms with Crippen LogP contribution in [0.1, 0.15) is 24.2 Å². The molecule has 0 aliphatic carbocycles. The second-order valence-corrected chi connectivity index (χ2v) is 7.32. The fourth-order valence-corrected chi connectivity index (χ4v) is 3.45. The normalized spacial score (nSPS) is 11.3. The van der Waals surface area contributed by atoms with E-state index in [0.717, 1.165) is 37.2 Å². The van der Waals surface area contributed by atoms with Crippen molar-refractivity contribution in [1.82, 2.24) is 19.4 Å². The lowest BCUT2D eigenvalue weighted by Gasteiger charge is -2.19. The number of para-hydroxylation sites is 2. The number of nitrogens with one attached hydrogen (secondary N) is 1. The summed E-state index contributed by atoms with van der Waals surface area (Å²) in [7, 11) is 0. The first kappa shape index (κ1) is 19.8. The van der Waals surface area contributed by atoms with E-state index in [2.05, 4.69) is 50.0 Å². The molecule has 0 bridgehead atoms. The molecule has 0 atom stereocenters. The lowest BCUT2D eigenvalue weighted by atomic mass is 10.3. The number of carbonyl (C=O) groups is 1. The first-order valence-electron chi connectivity index (χ1n) is 8.83. The highest BCUT2D eigenvalue weighted by molar-refractivity contribution is 9.10. The number of fused-ring (bicyclic) bond motifs is 1. The Hall–Kier alpha value is -1.96. The van der Waals surface area contributed by atoms with Crippen LogP contribution in [-0.4, -0.2) is 45.0 Å². The van der Waals surface area contributed by atoms with Gasteiger partial charge in [-0.15, -0.1) is 0 Å². The highest BCUT2D eigenvalue weighted by Crippen LogP contribution is 2.22. The number of halogens is 2. The van der Waals surface area contributed by atoms with Crippen molar-refractivity contribution in [2.24, 2.45) is 0 Å². The summed E-state index contributed by atoms with van der Waals surface area (Å²) in [5.41, 5.74) is 2.12. The average Bonchev–Trinajstić information content (AvgIpc) is 3.01. The van der Waals surface area contributed by atoms with Crippen LogP contribution in [0.25, 0.3) is 11.0 Å². The SMILES string of the molecule is CCN(CC)CCn1c(NC(=O)c2cc(Br)cnc2Cl)nc2ccccc21. The predicted octanol–water partition coefficient (Wildman–Crippen LogP) is 4.44. The van der Waals surface area contributed by atoms with Gasteiger partial charge in [0.05, 0.1) is 16.6 Å². The molecule has 0 aliphatic heterocycles. The van der Waals surface area contributed by atoms with Crippen LogP contribution >= 0.6 is 27.5 Å². The fraction of sp³-hybridized carbons (Fsp3) is 0.316. The third-order valence-electron chi connectivity index (χ3n) is 4.46. The van der Waals surface area contributed by atoms with Gasteiger partial charge >= 0.3 is 0 Å². The Morgan fingerprint density at radius 2 is 2.04 bits per heavy atom. The van der Waals surface area contributed by atoms with Crippen LogP contribution in [0.5, 0.6) is 0 Å². The summed E-state index contributed by atoms with van der Waals surface area (Å²) in [4.78, 5) is 23.7. The molecule has 0 unspecified atom stereocenters. The number of imidazole rings is 1. The second-order valence-electron chi connectivity index (χ2n) is 6.05. The van der Waals surface area contributed by atoms with Crippen molar-refractivity contribution < 1.29 is 4.79 Å². The summed E-state index contributed by atoms with van der Waals surface area (Å²) in [5.74, 6) is 0.164. The predicted molar refractivity (Wildman–Crippen MR) is 112 cm³/mol. The van der Waals surface area contributed by atoms with Gasteiger partial charge in [0.15, 0.2) is 0 Å².